The third kappa shape index (κ3) is 3.13. The van der Waals surface area contributed by atoms with E-state index in [1.165, 1.54) is 44.6 Å². The first-order valence-electron chi connectivity index (χ1n) is 10.0. The van der Waals surface area contributed by atoms with E-state index in [2.05, 4.69) is 19.2 Å². The number of rotatable bonds is 4. The molecule has 2 nitrogen and oxygen atoms in total. The Labute approximate surface area is 165 Å². The molecule has 0 radical (unpaired) electrons. The molecule has 4 heteroatoms. The molecule has 4 fully saturated rings. The summed E-state index contributed by atoms with van der Waals surface area (Å²) in [7, 11) is 0. The molecule has 6 rings (SSSR count). The van der Waals surface area contributed by atoms with Crippen molar-refractivity contribution in [3.8, 4) is 11.3 Å². The van der Waals surface area contributed by atoms with Crippen molar-refractivity contribution in [3.63, 3.8) is 0 Å². The van der Waals surface area contributed by atoms with Crippen LogP contribution in [0.3, 0.4) is 0 Å². The van der Waals surface area contributed by atoms with Gasteiger partial charge in [0.2, 0.25) is 0 Å². The monoisotopic (exact) mass is 387 g/mol. The third-order valence-electron chi connectivity index (χ3n) is 7.13. The predicted molar refractivity (Wildman–Crippen MR) is 106 cm³/mol. The van der Waals surface area contributed by atoms with Gasteiger partial charge >= 0.3 is 0 Å². The molecule has 2 aromatic rings. The summed E-state index contributed by atoms with van der Waals surface area (Å²) in [5.41, 5.74) is 2.07. The zero-order chi connectivity index (χ0) is 18.9. The van der Waals surface area contributed by atoms with E-state index in [1.807, 2.05) is 12.1 Å². The van der Waals surface area contributed by atoms with Crippen molar-refractivity contribution in [2.45, 2.75) is 64.5 Å². The quantitative estimate of drug-likeness (QED) is 0.641. The fraction of sp³-hybridized carbons (Fsp3) is 0.565. The minimum absolute atomic E-state index is 0.124. The Hall–Kier alpha value is -1.32. The highest BCUT2D eigenvalue weighted by Crippen LogP contribution is 2.66. The molecule has 27 heavy (non-hydrogen) atoms. The van der Waals surface area contributed by atoms with E-state index in [9.17, 15) is 4.39 Å². The summed E-state index contributed by atoms with van der Waals surface area (Å²) in [6.07, 6.45) is 8.07. The largest absolute Gasteiger partial charge is 0.460 e. The summed E-state index contributed by atoms with van der Waals surface area (Å²) in [5.74, 6) is 2.13. The molecule has 0 aliphatic heterocycles. The first kappa shape index (κ1) is 17.8. The Kier molecular flexibility index (Phi) is 3.84. The smallest absolute Gasteiger partial charge is 0.141 e. The number of benzene rings is 1. The van der Waals surface area contributed by atoms with Crippen LogP contribution in [0, 0.1) is 22.6 Å². The van der Waals surface area contributed by atoms with Crippen LogP contribution >= 0.6 is 11.6 Å². The van der Waals surface area contributed by atoms with Gasteiger partial charge in [-0.3, -0.25) is 0 Å². The maximum atomic E-state index is 13.4. The molecule has 1 aromatic heterocycles. The minimum atomic E-state index is -0.405. The van der Waals surface area contributed by atoms with E-state index in [0.29, 0.717) is 10.8 Å². The molecule has 4 atom stereocenters. The van der Waals surface area contributed by atoms with Crippen LogP contribution in [-0.4, -0.2) is 5.54 Å². The highest BCUT2D eigenvalue weighted by atomic mass is 35.5. The molecule has 4 aliphatic carbocycles. The van der Waals surface area contributed by atoms with Crippen LogP contribution in [0.25, 0.3) is 11.3 Å². The van der Waals surface area contributed by atoms with Gasteiger partial charge in [-0.2, -0.15) is 0 Å². The molecule has 4 aliphatic rings. The predicted octanol–water partition coefficient (Wildman–Crippen LogP) is 6.58. The van der Waals surface area contributed by atoms with Gasteiger partial charge in [0.15, 0.2) is 0 Å². The number of hydrogen-bond acceptors (Lipinski definition) is 2. The van der Waals surface area contributed by atoms with Crippen LogP contribution in [0.5, 0.6) is 0 Å². The summed E-state index contributed by atoms with van der Waals surface area (Å²) in [6.45, 7) is 5.73. The molecule has 1 heterocycles. The van der Waals surface area contributed by atoms with Crippen molar-refractivity contribution in [3.05, 3.63) is 46.9 Å². The Morgan fingerprint density at radius 3 is 2.48 bits per heavy atom. The van der Waals surface area contributed by atoms with Gasteiger partial charge in [-0.25, -0.2) is 4.39 Å². The lowest BCUT2D eigenvalue weighted by Gasteiger charge is -2.65. The molecule has 0 amide bonds. The second kappa shape index (κ2) is 5.84. The first-order chi connectivity index (χ1) is 12.8. The lowest BCUT2D eigenvalue weighted by atomic mass is 9.43. The second-order valence-corrected chi connectivity index (χ2v) is 10.6. The Morgan fingerprint density at radius 2 is 1.81 bits per heavy atom. The van der Waals surface area contributed by atoms with Gasteiger partial charge in [-0.1, -0.05) is 25.4 Å². The zero-order valence-corrected chi connectivity index (χ0v) is 16.8. The van der Waals surface area contributed by atoms with Crippen LogP contribution in [-0.2, 0) is 6.54 Å². The third-order valence-corrected chi connectivity index (χ3v) is 7.42. The van der Waals surface area contributed by atoms with Gasteiger partial charge in [0.25, 0.3) is 0 Å². The van der Waals surface area contributed by atoms with Gasteiger partial charge in [0, 0.05) is 11.1 Å². The Balaban J connectivity index is 1.32. The van der Waals surface area contributed by atoms with Gasteiger partial charge in [0.1, 0.15) is 17.3 Å². The van der Waals surface area contributed by atoms with Gasteiger partial charge < -0.3 is 9.73 Å². The van der Waals surface area contributed by atoms with Gasteiger partial charge in [-0.15, -0.1) is 0 Å². The lowest BCUT2D eigenvalue weighted by Crippen LogP contribution is -2.63. The van der Waals surface area contributed by atoms with Gasteiger partial charge in [0.05, 0.1) is 11.6 Å². The fourth-order valence-electron chi connectivity index (χ4n) is 7.20. The maximum Gasteiger partial charge on any atom is 0.141 e. The highest BCUT2D eigenvalue weighted by molar-refractivity contribution is 6.31. The maximum absolute atomic E-state index is 13.4. The van der Waals surface area contributed by atoms with E-state index in [1.54, 1.807) is 12.1 Å². The van der Waals surface area contributed by atoms with Crippen LogP contribution in [0.4, 0.5) is 4.39 Å². The van der Waals surface area contributed by atoms with Crippen LogP contribution in [0.1, 0.15) is 58.1 Å². The number of nitrogens with one attached hydrogen (secondary N) is 1. The molecule has 1 N–H and O–H groups in total. The summed E-state index contributed by atoms with van der Waals surface area (Å²) in [5, 5.41) is 4.02. The van der Waals surface area contributed by atoms with Crippen molar-refractivity contribution in [2.75, 3.05) is 0 Å². The molecule has 0 spiro atoms. The molecule has 144 valence electrons. The molecule has 4 bridgehead atoms. The summed E-state index contributed by atoms with van der Waals surface area (Å²) >= 11 is 5.91. The van der Waals surface area contributed by atoms with Crippen molar-refractivity contribution in [1.82, 2.24) is 5.32 Å². The van der Waals surface area contributed by atoms with E-state index < -0.39 is 5.82 Å². The number of halogens is 2. The minimum Gasteiger partial charge on any atom is -0.460 e. The molecular formula is C23H27ClFNO. The average molecular weight is 388 g/mol. The van der Waals surface area contributed by atoms with E-state index in [4.69, 9.17) is 16.0 Å². The fourth-order valence-corrected chi connectivity index (χ4v) is 7.38. The molecule has 0 saturated heterocycles. The Bertz CT molecular complexity index is 872. The SMILES string of the molecule is C[C@]12CC3CC(NCc4ccc(-c5ccc(F)c(Cl)c5)o4)(C1)C[C@@](C)(C3)C2. The molecule has 2 unspecified atom stereocenters. The summed E-state index contributed by atoms with van der Waals surface area (Å²) in [4.78, 5) is 0. The number of hydrogen-bond donors (Lipinski definition) is 1. The van der Waals surface area contributed by atoms with Gasteiger partial charge in [-0.05, 0) is 85.6 Å². The highest BCUT2D eigenvalue weighted by Gasteiger charge is 2.59. The van der Waals surface area contributed by atoms with E-state index in [-0.39, 0.29) is 10.6 Å². The van der Waals surface area contributed by atoms with Crippen molar-refractivity contribution < 1.29 is 8.81 Å². The standard InChI is InChI=1S/C23H27ClFNO/c1-21-8-15-9-22(2,12-21)14-23(10-15,13-21)26-11-17-4-6-20(27-17)16-3-5-19(25)18(24)7-16/h3-7,15,26H,8-14H2,1-2H3/t15?,21-,22+,23?. The van der Waals surface area contributed by atoms with Crippen molar-refractivity contribution in [2.24, 2.45) is 16.7 Å². The van der Waals surface area contributed by atoms with Crippen LogP contribution < -0.4 is 5.32 Å². The van der Waals surface area contributed by atoms with Crippen LogP contribution in [0.2, 0.25) is 5.02 Å². The summed E-state index contributed by atoms with van der Waals surface area (Å²) < 4.78 is 19.4. The summed E-state index contributed by atoms with van der Waals surface area (Å²) in [6, 6.07) is 8.67. The second-order valence-electron chi connectivity index (χ2n) is 10.2. The average Bonchev–Trinajstić information content (AvgIpc) is 3.01. The molecule has 1 aromatic carbocycles. The van der Waals surface area contributed by atoms with Crippen molar-refractivity contribution in [1.29, 1.82) is 0 Å². The van der Waals surface area contributed by atoms with E-state index >= 15 is 0 Å². The van der Waals surface area contributed by atoms with E-state index in [0.717, 1.165) is 29.5 Å². The normalized spacial score (nSPS) is 37.1. The molecular weight excluding hydrogens is 361 g/mol. The van der Waals surface area contributed by atoms with Crippen molar-refractivity contribution >= 4 is 11.6 Å². The first-order valence-corrected chi connectivity index (χ1v) is 10.4. The lowest BCUT2D eigenvalue weighted by molar-refractivity contribution is -0.118. The number of furan rings is 1. The molecule has 4 saturated carbocycles. The topological polar surface area (TPSA) is 25.2 Å². The van der Waals surface area contributed by atoms with Crippen LogP contribution in [0.15, 0.2) is 34.7 Å². The zero-order valence-electron chi connectivity index (χ0n) is 16.1. The Morgan fingerprint density at radius 1 is 1.07 bits per heavy atom.